The van der Waals surface area contributed by atoms with Gasteiger partial charge < -0.3 is 5.32 Å². The van der Waals surface area contributed by atoms with Crippen LogP contribution in [0.1, 0.15) is 6.92 Å². The van der Waals surface area contributed by atoms with Gasteiger partial charge in [-0.1, -0.05) is 6.08 Å². The van der Waals surface area contributed by atoms with Crippen molar-refractivity contribution in [3.8, 4) is 0 Å². The molecular formula is C7H13NOS. The molecule has 0 aliphatic carbocycles. The summed E-state index contributed by atoms with van der Waals surface area (Å²) in [6, 6.07) is 0. The van der Waals surface area contributed by atoms with E-state index >= 15 is 0 Å². The van der Waals surface area contributed by atoms with Gasteiger partial charge in [0, 0.05) is 12.3 Å². The summed E-state index contributed by atoms with van der Waals surface area (Å²) in [6.07, 6.45) is 1.80. The molecule has 0 spiro atoms. The number of amides is 1. The Kier molecular flexibility index (Phi) is 6.38. The van der Waals surface area contributed by atoms with E-state index in [4.69, 9.17) is 0 Å². The predicted molar refractivity (Wildman–Crippen MR) is 46.2 cm³/mol. The van der Waals surface area contributed by atoms with Crippen molar-refractivity contribution >= 4 is 17.7 Å². The minimum atomic E-state index is 0.106. The molecule has 1 N–H and O–H groups in total. The van der Waals surface area contributed by atoms with E-state index in [0.717, 1.165) is 5.75 Å². The van der Waals surface area contributed by atoms with Gasteiger partial charge in [-0.3, -0.25) is 4.79 Å². The molecule has 0 heterocycles. The van der Waals surface area contributed by atoms with Crippen molar-refractivity contribution in [2.75, 3.05) is 18.1 Å². The Bertz CT molecular complexity index is 114. The van der Waals surface area contributed by atoms with Crippen LogP contribution in [0.15, 0.2) is 12.7 Å². The van der Waals surface area contributed by atoms with Crippen molar-refractivity contribution in [1.29, 1.82) is 0 Å². The van der Waals surface area contributed by atoms with Crippen LogP contribution in [-0.2, 0) is 4.79 Å². The van der Waals surface area contributed by atoms with Gasteiger partial charge in [0.1, 0.15) is 0 Å². The summed E-state index contributed by atoms with van der Waals surface area (Å²) < 4.78 is 0. The van der Waals surface area contributed by atoms with Crippen molar-refractivity contribution in [2.24, 2.45) is 0 Å². The van der Waals surface area contributed by atoms with Gasteiger partial charge in [-0.25, -0.2) is 0 Å². The van der Waals surface area contributed by atoms with Crippen LogP contribution in [0.4, 0.5) is 0 Å². The molecule has 0 fully saturated rings. The minimum Gasteiger partial charge on any atom is -0.356 e. The Hall–Kier alpha value is -0.440. The summed E-state index contributed by atoms with van der Waals surface area (Å²) in [7, 11) is 0. The van der Waals surface area contributed by atoms with Crippen LogP contribution in [0.25, 0.3) is 0 Å². The molecule has 3 heteroatoms. The van der Waals surface area contributed by atoms with E-state index in [1.54, 1.807) is 17.8 Å². The summed E-state index contributed by atoms with van der Waals surface area (Å²) in [4.78, 5) is 10.8. The van der Waals surface area contributed by atoms with Crippen LogP contribution in [0.3, 0.4) is 0 Å². The van der Waals surface area contributed by atoms with E-state index < -0.39 is 0 Å². The van der Waals surface area contributed by atoms with Crippen LogP contribution in [0.5, 0.6) is 0 Å². The monoisotopic (exact) mass is 159 g/mol. The van der Waals surface area contributed by atoms with Crippen LogP contribution in [-0.4, -0.2) is 24.0 Å². The predicted octanol–water partition coefficient (Wildman–Crippen LogP) is 1.04. The third-order valence-corrected chi connectivity index (χ3v) is 1.78. The topological polar surface area (TPSA) is 29.1 Å². The largest absolute Gasteiger partial charge is 0.356 e. The molecular weight excluding hydrogens is 146 g/mol. The molecule has 0 aliphatic heterocycles. The van der Waals surface area contributed by atoms with Crippen molar-refractivity contribution in [2.45, 2.75) is 6.92 Å². The van der Waals surface area contributed by atoms with Crippen molar-refractivity contribution in [1.82, 2.24) is 5.32 Å². The maximum atomic E-state index is 10.8. The number of nitrogens with one attached hydrogen (secondary N) is 1. The van der Waals surface area contributed by atoms with E-state index in [1.807, 2.05) is 6.92 Å². The van der Waals surface area contributed by atoms with Crippen molar-refractivity contribution < 1.29 is 4.79 Å². The van der Waals surface area contributed by atoms with E-state index in [9.17, 15) is 4.79 Å². The number of rotatable bonds is 5. The Morgan fingerprint density at radius 2 is 2.50 bits per heavy atom. The number of carbonyl (C=O) groups excluding carboxylic acids is 1. The highest BCUT2D eigenvalue weighted by Crippen LogP contribution is 1.97. The summed E-state index contributed by atoms with van der Waals surface area (Å²) >= 11 is 1.57. The van der Waals surface area contributed by atoms with Gasteiger partial charge in [0.2, 0.25) is 5.91 Å². The van der Waals surface area contributed by atoms with Gasteiger partial charge in [-0.15, -0.1) is 18.3 Å². The molecule has 0 aromatic carbocycles. The lowest BCUT2D eigenvalue weighted by Crippen LogP contribution is -2.24. The highest BCUT2D eigenvalue weighted by molar-refractivity contribution is 8.00. The first kappa shape index (κ1) is 9.56. The Morgan fingerprint density at radius 3 is 3.00 bits per heavy atom. The standard InChI is InChI=1S/C7H13NOS/c1-3-5-10-6-7(9)8-4-2/h3H,1,4-6H2,2H3,(H,8,9). The highest BCUT2D eigenvalue weighted by atomic mass is 32.2. The number of hydrogen-bond donors (Lipinski definition) is 1. The molecule has 0 atom stereocenters. The lowest BCUT2D eigenvalue weighted by molar-refractivity contribution is -0.118. The first-order chi connectivity index (χ1) is 4.81. The summed E-state index contributed by atoms with van der Waals surface area (Å²) in [5.74, 6) is 1.49. The second-order valence-electron chi connectivity index (χ2n) is 1.76. The fraction of sp³-hybridized carbons (Fsp3) is 0.571. The molecule has 0 radical (unpaired) electrons. The summed E-state index contributed by atoms with van der Waals surface area (Å²) in [5.41, 5.74) is 0. The van der Waals surface area contributed by atoms with Crippen molar-refractivity contribution in [3.63, 3.8) is 0 Å². The Morgan fingerprint density at radius 1 is 1.80 bits per heavy atom. The van der Waals surface area contributed by atoms with E-state index in [-0.39, 0.29) is 5.91 Å². The molecule has 0 aromatic rings. The van der Waals surface area contributed by atoms with E-state index in [2.05, 4.69) is 11.9 Å². The minimum absolute atomic E-state index is 0.106. The van der Waals surface area contributed by atoms with E-state index in [0.29, 0.717) is 12.3 Å². The van der Waals surface area contributed by atoms with Gasteiger partial charge in [-0.05, 0) is 6.92 Å². The lowest BCUT2D eigenvalue weighted by Gasteiger charge is -1.98. The summed E-state index contributed by atoms with van der Waals surface area (Å²) in [5, 5.41) is 2.71. The molecule has 58 valence electrons. The third-order valence-electron chi connectivity index (χ3n) is 0.843. The molecule has 0 unspecified atom stereocenters. The molecule has 0 aromatic heterocycles. The second kappa shape index (κ2) is 6.68. The molecule has 10 heavy (non-hydrogen) atoms. The zero-order valence-corrected chi connectivity index (χ0v) is 7.04. The maximum Gasteiger partial charge on any atom is 0.229 e. The average Bonchev–Trinajstić information content (AvgIpc) is 1.89. The maximum absolute atomic E-state index is 10.8. The van der Waals surface area contributed by atoms with Crippen LogP contribution in [0.2, 0.25) is 0 Å². The number of thioether (sulfide) groups is 1. The van der Waals surface area contributed by atoms with Gasteiger partial charge >= 0.3 is 0 Å². The normalized spacial score (nSPS) is 8.90. The molecule has 1 amide bonds. The first-order valence-electron chi connectivity index (χ1n) is 3.26. The van der Waals surface area contributed by atoms with Crippen LogP contribution in [0, 0.1) is 0 Å². The molecule has 0 saturated heterocycles. The average molecular weight is 159 g/mol. The Balaban J connectivity index is 3.13. The molecule has 2 nitrogen and oxygen atoms in total. The fourth-order valence-corrected chi connectivity index (χ4v) is 1.06. The van der Waals surface area contributed by atoms with Crippen molar-refractivity contribution in [3.05, 3.63) is 12.7 Å². The Labute approximate surface area is 66.1 Å². The quantitative estimate of drug-likeness (QED) is 0.480. The van der Waals surface area contributed by atoms with Gasteiger partial charge in [0.25, 0.3) is 0 Å². The van der Waals surface area contributed by atoms with E-state index in [1.165, 1.54) is 0 Å². The van der Waals surface area contributed by atoms with Gasteiger partial charge in [0.15, 0.2) is 0 Å². The van der Waals surface area contributed by atoms with Crippen LogP contribution < -0.4 is 5.32 Å². The van der Waals surface area contributed by atoms with Crippen LogP contribution >= 0.6 is 11.8 Å². The SMILES string of the molecule is C=CCSCC(=O)NCC. The molecule has 0 aliphatic rings. The highest BCUT2D eigenvalue weighted by Gasteiger charge is 1.95. The lowest BCUT2D eigenvalue weighted by atomic mass is 10.6. The zero-order chi connectivity index (χ0) is 7.82. The number of carbonyl (C=O) groups is 1. The molecule has 0 saturated carbocycles. The smallest absolute Gasteiger partial charge is 0.229 e. The van der Waals surface area contributed by atoms with Gasteiger partial charge in [0.05, 0.1) is 5.75 Å². The fourth-order valence-electron chi connectivity index (χ4n) is 0.483. The molecule has 0 bridgehead atoms. The molecule has 0 rings (SSSR count). The second-order valence-corrected chi connectivity index (χ2v) is 2.79. The summed E-state index contributed by atoms with van der Waals surface area (Å²) in [6.45, 7) is 6.18. The van der Waals surface area contributed by atoms with Gasteiger partial charge in [-0.2, -0.15) is 0 Å². The third kappa shape index (κ3) is 5.69. The zero-order valence-electron chi connectivity index (χ0n) is 6.22. The number of hydrogen-bond acceptors (Lipinski definition) is 2. The first-order valence-corrected chi connectivity index (χ1v) is 4.42.